The van der Waals surface area contributed by atoms with Crippen LogP contribution < -0.4 is 10.9 Å². The summed E-state index contributed by atoms with van der Waals surface area (Å²) in [5.74, 6) is 0.469. The maximum atomic E-state index is 13.6. The van der Waals surface area contributed by atoms with Crippen molar-refractivity contribution in [3.8, 4) is 5.69 Å². The molecule has 8 heteroatoms. The Balaban J connectivity index is 1.86. The Morgan fingerprint density at radius 1 is 1.00 bits per heavy atom. The van der Waals surface area contributed by atoms with Gasteiger partial charge in [-0.3, -0.25) is 9.36 Å². The first-order chi connectivity index (χ1) is 16.4. The van der Waals surface area contributed by atoms with Crippen molar-refractivity contribution < 1.29 is 4.79 Å². The third-order valence-corrected chi connectivity index (χ3v) is 6.08. The minimum absolute atomic E-state index is 0.215. The lowest BCUT2D eigenvalue weighted by molar-refractivity contribution is 0.185. The van der Waals surface area contributed by atoms with Crippen LogP contribution in [0.15, 0.2) is 77.6 Å². The molecule has 0 aliphatic carbocycles. The number of benzene rings is 3. The molecule has 1 unspecified atom stereocenters. The second kappa shape index (κ2) is 10.3. The van der Waals surface area contributed by atoms with Crippen molar-refractivity contribution in [2.75, 3.05) is 11.9 Å². The second-order valence-corrected chi connectivity index (χ2v) is 8.63. The van der Waals surface area contributed by atoms with E-state index in [9.17, 15) is 9.59 Å². The van der Waals surface area contributed by atoms with E-state index in [0.717, 1.165) is 0 Å². The van der Waals surface area contributed by atoms with E-state index >= 15 is 0 Å². The summed E-state index contributed by atoms with van der Waals surface area (Å²) < 4.78 is 1.55. The van der Waals surface area contributed by atoms with Crippen molar-refractivity contribution in [2.45, 2.75) is 26.3 Å². The van der Waals surface area contributed by atoms with Gasteiger partial charge in [0.2, 0.25) is 0 Å². The van der Waals surface area contributed by atoms with Crippen LogP contribution in [0.4, 0.5) is 10.5 Å². The van der Waals surface area contributed by atoms with Crippen molar-refractivity contribution >= 4 is 45.8 Å². The molecule has 0 radical (unpaired) electrons. The molecule has 0 bridgehead atoms. The van der Waals surface area contributed by atoms with Gasteiger partial charge in [-0.05, 0) is 61.9 Å². The van der Waals surface area contributed by atoms with Gasteiger partial charge in [-0.25, -0.2) is 9.78 Å². The van der Waals surface area contributed by atoms with Crippen molar-refractivity contribution in [2.24, 2.45) is 0 Å². The molecule has 0 fully saturated rings. The maximum absolute atomic E-state index is 13.6. The van der Waals surface area contributed by atoms with Gasteiger partial charge in [0.15, 0.2) is 0 Å². The van der Waals surface area contributed by atoms with Crippen LogP contribution in [0.3, 0.4) is 0 Å². The number of aromatic nitrogens is 2. The number of fused-ring (bicyclic) bond motifs is 1. The maximum Gasteiger partial charge on any atom is 0.322 e. The van der Waals surface area contributed by atoms with Crippen LogP contribution in [0.1, 0.15) is 32.1 Å². The lowest BCUT2D eigenvalue weighted by Crippen LogP contribution is -2.40. The van der Waals surface area contributed by atoms with Crippen LogP contribution in [0.25, 0.3) is 16.6 Å². The zero-order valence-corrected chi connectivity index (χ0v) is 20.3. The molecule has 2 amide bonds. The molecule has 0 saturated carbocycles. The summed E-state index contributed by atoms with van der Waals surface area (Å²) in [6, 6.07) is 20.5. The Kier molecular flexibility index (Phi) is 7.20. The van der Waals surface area contributed by atoms with E-state index in [0.29, 0.717) is 51.1 Å². The highest BCUT2D eigenvalue weighted by Crippen LogP contribution is 2.27. The van der Waals surface area contributed by atoms with Crippen LogP contribution in [-0.2, 0) is 0 Å². The van der Waals surface area contributed by atoms with Gasteiger partial charge in [0.1, 0.15) is 5.82 Å². The van der Waals surface area contributed by atoms with Crippen molar-refractivity contribution in [3.05, 3.63) is 99.0 Å². The smallest absolute Gasteiger partial charge is 0.315 e. The quantitative estimate of drug-likeness (QED) is 0.324. The fourth-order valence-corrected chi connectivity index (χ4v) is 4.42. The molecule has 0 aliphatic rings. The number of carbonyl (C=O) groups excluding carboxylic acids is 1. The molecule has 1 atom stereocenters. The highest BCUT2D eigenvalue weighted by atomic mass is 35.5. The normalized spacial score (nSPS) is 11.9. The SMILES string of the molecule is CCC(c1nc2ccccc2c(=O)n1-c1cccc(Cl)c1)N(CC)C(=O)Nc1cccc(Cl)c1. The van der Waals surface area contributed by atoms with Gasteiger partial charge in [-0.1, -0.05) is 54.4 Å². The lowest BCUT2D eigenvalue weighted by atomic mass is 10.1. The molecule has 1 aromatic heterocycles. The fraction of sp³-hybridized carbons (Fsp3) is 0.192. The first-order valence-electron chi connectivity index (χ1n) is 11.0. The molecule has 1 heterocycles. The number of nitrogens with zero attached hydrogens (tertiary/aromatic N) is 3. The van der Waals surface area contributed by atoms with Crippen molar-refractivity contribution in [3.63, 3.8) is 0 Å². The number of halogens is 2. The first-order valence-corrected chi connectivity index (χ1v) is 11.8. The number of rotatable bonds is 6. The summed E-state index contributed by atoms with van der Waals surface area (Å²) in [4.78, 5) is 33.5. The number of nitrogens with one attached hydrogen (secondary N) is 1. The Morgan fingerprint density at radius 2 is 1.71 bits per heavy atom. The van der Waals surface area contributed by atoms with E-state index in [1.54, 1.807) is 64.1 Å². The molecular formula is C26H24Cl2N4O2. The van der Waals surface area contributed by atoms with E-state index < -0.39 is 6.04 Å². The molecule has 0 spiro atoms. The van der Waals surface area contributed by atoms with Crippen LogP contribution in [0.5, 0.6) is 0 Å². The van der Waals surface area contributed by atoms with Crippen LogP contribution in [-0.4, -0.2) is 27.0 Å². The van der Waals surface area contributed by atoms with Crippen molar-refractivity contribution in [1.82, 2.24) is 14.5 Å². The Bertz CT molecular complexity index is 1400. The monoisotopic (exact) mass is 494 g/mol. The summed E-state index contributed by atoms with van der Waals surface area (Å²) in [5, 5.41) is 4.43. The van der Waals surface area contributed by atoms with E-state index in [1.165, 1.54) is 0 Å². The summed E-state index contributed by atoms with van der Waals surface area (Å²) in [6.07, 6.45) is 0.544. The van der Waals surface area contributed by atoms with Crippen LogP contribution in [0, 0.1) is 0 Å². The minimum atomic E-state index is -0.472. The molecule has 174 valence electrons. The van der Waals surface area contributed by atoms with Gasteiger partial charge in [0.25, 0.3) is 5.56 Å². The fourth-order valence-electron chi connectivity index (χ4n) is 4.05. The van der Waals surface area contributed by atoms with Crippen LogP contribution in [0.2, 0.25) is 10.0 Å². The molecular weight excluding hydrogens is 471 g/mol. The van der Waals surface area contributed by atoms with E-state index in [4.69, 9.17) is 28.2 Å². The Hall–Kier alpha value is -3.35. The Morgan fingerprint density at radius 3 is 2.38 bits per heavy atom. The molecule has 0 saturated heterocycles. The summed E-state index contributed by atoms with van der Waals surface area (Å²) >= 11 is 12.3. The predicted molar refractivity (Wildman–Crippen MR) is 138 cm³/mol. The molecule has 4 aromatic rings. The Labute approximate surface area is 207 Å². The van der Waals surface area contributed by atoms with Gasteiger partial charge >= 0.3 is 6.03 Å². The lowest BCUT2D eigenvalue weighted by Gasteiger charge is -2.31. The largest absolute Gasteiger partial charge is 0.322 e. The van der Waals surface area contributed by atoms with Crippen molar-refractivity contribution in [1.29, 1.82) is 0 Å². The molecule has 3 aromatic carbocycles. The standard InChI is InChI=1S/C26H24Cl2N4O2/c1-3-23(31(4-2)26(34)29-19-11-7-9-17(27)15-19)24-30-22-14-6-5-13-21(22)25(33)32(24)20-12-8-10-18(28)16-20/h5-16,23H,3-4H2,1-2H3,(H,29,34). The van der Waals surface area contributed by atoms with Gasteiger partial charge in [-0.15, -0.1) is 0 Å². The molecule has 0 aliphatic heterocycles. The minimum Gasteiger partial charge on any atom is -0.315 e. The highest BCUT2D eigenvalue weighted by molar-refractivity contribution is 6.31. The second-order valence-electron chi connectivity index (χ2n) is 7.76. The summed E-state index contributed by atoms with van der Waals surface area (Å²) in [6.45, 7) is 4.26. The van der Waals surface area contributed by atoms with Gasteiger partial charge < -0.3 is 10.2 Å². The van der Waals surface area contributed by atoms with E-state index in [2.05, 4.69) is 5.32 Å². The van der Waals surface area contributed by atoms with Gasteiger partial charge in [0.05, 0.1) is 22.6 Å². The van der Waals surface area contributed by atoms with Crippen LogP contribution >= 0.6 is 23.2 Å². The van der Waals surface area contributed by atoms with Gasteiger partial charge in [-0.2, -0.15) is 0 Å². The molecule has 1 N–H and O–H groups in total. The number of anilines is 1. The van der Waals surface area contributed by atoms with Gasteiger partial charge in [0, 0.05) is 22.3 Å². The number of hydrogen-bond acceptors (Lipinski definition) is 3. The number of amides is 2. The number of para-hydroxylation sites is 1. The third-order valence-electron chi connectivity index (χ3n) is 5.61. The highest BCUT2D eigenvalue weighted by Gasteiger charge is 2.28. The third kappa shape index (κ3) is 4.79. The van der Waals surface area contributed by atoms with E-state index in [1.807, 2.05) is 32.0 Å². The number of hydrogen-bond donors (Lipinski definition) is 1. The molecule has 4 rings (SSSR count). The topological polar surface area (TPSA) is 67.2 Å². The zero-order valence-electron chi connectivity index (χ0n) is 18.8. The summed E-state index contributed by atoms with van der Waals surface area (Å²) in [7, 11) is 0. The summed E-state index contributed by atoms with van der Waals surface area (Å²) in [5.41, 5.74) is 1.54. The first kappa shape index (κ1) is 23.8. The number of urea groups is 1. The molecule has 6 nitrogen and oxygen atoms in total. The average molecular weight is 495 g/mol. The predicted octanol–water partition coefficient (Wildman–Crippen LogP) is 6.70. The number of carbonyl (C=O) groups is 1. The zero-order chi connectivity index (χ0) is 24.2. The average Bonchev–Trinajstić information content (AvgIpc) is 2.82. The molecule has 34 heavy (non-hydrogen) atoms. The van der Waals surface area contributed by atoms with E-state index in [-0.39, 0.29) is 11.6 Å².